The van der Waals surface area contributed by atoms with Crippen molar-refractivity contribution in [2.24, 2.45) is 0 Å². The second kappa shape index (κ2) is 6.85. The van der Waals surface area contributed by atoms with Gasteiger partial charge in [-0.3, -0.25) is 10.3 Å². The molecule has 1 N–H and O–H groups in total. The van der Waals surface area contributed by atoms with Crippen molar-refractivity contribution < 1.29 is 0 Å². The molecular weight excluding hydrogens is 258 g/mol. The van der Waals surface area contributed by atoms with E-state index in [-0.39, 0.29) is 0 Å². The molecule has 0 amide bonds. The van der Waals surface area contributed by atoms with Crippen molar-refractivity contribution in [1.82, 2.24) is 15.3 Å². The molecule has 0 unspecified atom stereocenters. The molecule has 21 heavy (non-hydrogen) atoms. The lowest BCUT2D eigenvalue weighted by molar-refractivity contribution is 0.0809. The van der Waals surface area contributed by atoms with E-state index in [1.165, 1.54) is 11.1 Å². The minimum Gasteiger partial charge on any atom is -0.290 e. The predicted octanol–water partition coefficient (Wildman–Crippen LogP) is 2.53. The maximum absolute atomic E-state index is 3.25. The van der Waals surface area contributed by atoms with E-state index < -0.39 is 0 Å². The van der Waals surface area contributed by atoms with E-state index >= 15 is 0 Å². The zero-order valence-corrected chi connectivity index (χ0v) is 12.6. The van der Waals surface area contributed by atoms with Crippen LogP contribution < -0.4 is 5.43 Å². The summed E-state index contributed by atoms with van der Waals surface area (Å²) < 4.78 is 0. The van der Waals surface area contributed by atoms with Gasteiger partial charge in [-0.2, -0.15) is 0 Å². The van der Waals surface area contributed by atoms with E-state index in [9.17, 15) is 0 Å². The van der Waals surface area contributed by atoms with Crippen LogP contribution in [-0.4, -0.2) is 43.1 Å². The highest BCUT2D eigenvalue weighted by molar-refractivity contribution is 5.31. The maximum atomic E-state index is 3.25. The van der Waals surface area contributed by atoms with Crippen molar-refractivity contribution in [3.8, 4) is 0 Å². The van der Waals surface area contributed by atoms with Gasteiger partial charge in [0.15, 0.2) is 0 Å². The molecule has 0 atom stereocenters. The SMILES string of the molecule is CNN1CCN(C(c2ccccc2)c2ccccc2)CC1. The molecule has 3 nitrogen and oxygen atoms in total. The first-order valence-corrected chi connectivity index (χ1v) is 7.65. The molecule has 0 aromatic heterocycles. The molecule has 110 valence electrons. The number of hydrogen-bond donors (Lipinski definition) is 1. The van der Waals surface area contributed by atoms with Gasteiger partial charge in [-0.05, 0) is 18.2 Å². The second-order valence-electron chi connectivity index (χ2n) is 5.47. The fraction of sp³-hybridized carbons (Fsp3) is 0.333. The third-order valence-electron chi connectivity index (χ3n) is 4.23. The minimum atomic E-state index is 0.353. The predicted molar refractivity (Wildman–Crippen MR) is 86.9 cm³/mol. The lowest BCUT2D eigenvalue weighted by atomic mass is 9.96. The van der Waals surface area contributed by atoms with Crippen molar-refractivity contribution in [1.29, 1.82) is 0 Å². The van der Waals surface area contributed by atoms with Crippen LogP contribution in [0.5, 0.6) is 0 Å². The summed E-state index contributed by atoms with van der Waals surface area (Å²) in [5.41, 5.74) is 6.00. The first-order valence-electron chi connectivity index (χ1n) is 7.65. The Morgan fingerprint density at radius 3 is 1.67 bits per heavy atom. The van der Waals surface area contributed by atoms with Crippen molar-refractivity contribution in [3.05, 3.63) is 71.8 Å². The number of hydrazine groups is 1. The van der Waals surface area contributed by atoms with Gasteiger partial charge in [0.1, 0.15) is 0 Å². The van der Waals surface area contributed by atoms with Crippen LogP contribution in [0.2, 0.25) is 0 Å². The van der Waals surface area contributed by atoms with Gasteiger partial charge >= 0.3 is 0 Å². The summed E-state index contributed by atoms with van der Waals surface area (Å²) in [6.07, 6.45) is 0. The largest absolute Gasteiger partial charge is 0.290 e. The minimum absolute atomic E-state index is 0.353. The van der Waals surface area contributed by atoms with Gasteiger partial charge in [-0.1, -0.05) is 60.7 Å². The fourth-order valence-corrected chi connectivity index (χ4v) is 3.09. The van der Waals surface area contributed by atoms with Gasteiger partial charge in [0.2, 0.25) is 0 Å². The van der Waals surface area contributed by atoms with E-state index in [4.69, 9.17) is 0 Å². The highest BCUT2D eigenvalue weighted by Gasteiger charge is 2.25. The van der Waals surface area contributed by atoms with E-state index in [0.717, 1.165) is 26.2 Å². The van der Waals surface area contributed by atoms with Crippen LogP contribution in [-0.2, 0) is 0 Å². The molecule has 0 spiro atoms. The molecule has 3 rings (SSSR count). The Morgan fingerprint density at radius 2 is 1.24 bits per heavy atom. The standard InChI is InChI=1S/C18H23N3/c1-19-21-14-12-20(13-15-21)18(16-8-4-2-5-9-16)17-10-6-3-7-11-17/h2-11,18-19H,12-15H2,1H3. The van der Waals surface area contributed by atoms with Crippen molar-refractivity contribution in [2.75, 3.05) is 33.2 Å². The summed E-state index contributed by atoms with van der Waals surface area (Å²) in [4.78, 5) is 2.58. The van der Waals surface area contributed by atoms with Crippen LogP contribution in [0, 0.1) is 0 Å². The molecule has 1 aliphatic heterocycles. The zero-order valence-electron chi connectivity index (χ0n) is 12.6. The number of hydrogen-bond acceptors (Lipinski definition) is 3. The van der Waals surface area contributed by atoms with E-state index in [0.29, 0.717) is 6.04 Å². The van der Waals surface area contributed by atoms with Crippen molar-refractivity contribution in [2.45, 2.75) is 6.04 Å². The number of nitrogens with zero attached hydrogens (tertiary/aromatic N) is 2. The Balaban J connectivity index is 1.87. The van der Waals surface area contributed by atoms with Crippen LogP contribution in [0.15, 0.2) is 60.7 Å². The normalized spacial score (nSPS) is 17.2. The fourth-order valence-electron chi connectivity index (χ4n) is 3.09. The monoisotopic (exact) mass is 281 g/mol. The smallest absolute Gasteiger partial charge is 0.0602 e. The molecule has 0 radical (unpaired) electrons. The highest BCUT2D eigenvalue weighted by Crippen LogP contribution is 2.29. The third-order valence-corrected chi connectivity index (χ3v) is 4.23. The van der Waals surface area contributed by atoms with Crippen LogP contribution in [0.3, 0.4) is 0 Å². The first-order chi connectivity index (χ1) is 10.4. The van der Waals surface area contributed by atoms with Gasteiger partial charge in [0.25, 0.3) is 0 Å². The van der Waals surface area contributed by atoms with Crippen LogP contribution in [0.25, 0.3) is 0 Å². The molecule has 3 heteroatoms. The Morgan fingerprint density at radius 1 is 0.762 bits per heavy atom. The van der Waals surface area contributed by atoms with Gasteiger partial charge in [0.05, 0.1) is 6.04 Å². The molecule has 1 heterocycles. The van der Waals surface area contributed by atoms with Crippen LogP contribution in [0.1, 0.15) is 17.2 Å². The average Bonchev–Trinajstić information content (AvgIpc) is 2.58. The Kier molecular flexibility index (Phi) is 4.65. The lowest BCUT2D eigenvalue weighted by Crippen LogP contribution is -2.51. The summed E-state index contributed by atoms with van der Waals surface area (Å²) in [6, 6.07) is 22.0. The van der Waals surface area contributed by atoms with Gasteiger partial charge in [-0.25, -0.2) is 5.01 Å². The summed E-state index contributed by atoms with van der Waals surface area (Å²) in [6.45, 7) is 4.28. The molecule has 1 saturated heterocycles. The maximum Gasteiger partial charge on any atom is 0.0602 e. The Labute approximate surface area is 127 Å². The molecule has 0 bridgehead atoms. The van der Waals surface area contributed by atoms with E-state index in [1.54, 1.807) is 0 Å². The van der Waals surface area contributed by atoms with E-state index in [2.05, 4.69) is 76.0 Å². The zero-order chi connectivity index (χ0) is 14.5. The van der Waals surface area contributed by atoms with Crippen LogP contribution in [0.4, 0.5) is 0 Å². The number of nitrogens with one attached hydrogen (secondary N) is 1. The summed E-state index contributed by atoms with van der Waals surface area (Å²) in [7, 11) is 2.00. The number of piperazine rings is 1. The first kappa shape index (κ1) is 14.3. The average molecular weight is 281 g/mol. The van der Waals surface area contributed by atoms with Gasteiger partial charge in [0, 0.05) is 26.2 Å². The van der Waals surface area contributed by atoms with E-state index in [1.807, 2.05) is 7.05 Å². The Bertz CT molecular complexity index is 493. The number of benzene rings is 2. The highest BCUT2D eigenvalue weighted by atomic mass is 15.5. The van der Waals surface area contributed by atoms with Crippen molar-refractivity contribution in [3.63, 3.8) is 0 Å². The topological polar surface area (TPSA) is 18.5 Å². The molecule has 0 saturated carbocycles. The quantitative estimate of drug-likeness (QED) is 0.929. The second-order valence-corrected chi connectivity index (χ2v) is 5.47. The summed E-state index contributed by atoms with van der Waals surface area (Å²) in [5.74, 6) is 0. The third kappa shape index (κ3) is 3.32. The summed E-state index contributed by atoms with van der Waals surface area (Å²) >= 11 is 0. The Hall–Kier alpha value is -1.68. The van der Waals surface area contributed by atoms with Gasteiger partial charge < -0.3 is 0 Å². The van der Waals surface area contributed by atoms with Crippen LogP contribution >= 0.6 is 0 Å². The van der Waals surface area contributed by atoms with Crippen molar-refractivity contribution >= 4 is 0 Å². The van der Waals surface area contributed by atoms with Gasteiger partial charge in [-0.15, -0.1) is 0 Å². The summed E-state index contributed by atoms with van der Waals surface area (Å²) in [5, 5.41) is 2.28. The molecule has 2 aromatic carbocycles. The molecule has 1 fully saturated rings. The lowest BCUT2D eigenvalue weighted by Gasteiger charge is -2.39. The molecule has 0 aliphatic carbocycles. The molecular formula is C18H23N3. The molecule has 1 aliphatic rings. The number of rotatable bonds is 4. The molecule has 2 aromatic rings.